The highest BCUT2D eigenvalue weighted by atomic mass is 35.5. The van der Waals surface area contributed by atoms with E-state index in [0.29, 0.717) is 16.0 Å². The van der Waals surface area contributed by atoms with Crippen molar-refractivity contribution in [2.24, 2.45) is 11.7 Å². The second-order valence-electron chi connectivity index (χ2n) is 3.93. The van der Waals surface area contributed by atoms with Crippen LogP contribution in [0.25, 0.3) is 0 Å². The Bertz CT molecular complexity index is 354. The summed E-state index contributed by atoms with van der Waals surface area (Å²) in [6.07, 6.45) is 1.16. The zero-order chi connectivity index (χ0) is 10.8. The second-order valence-corrected chi connectivity index (χ2v) is 4.75. The fourth-order valence-electron chi connectivity index (χ4n) is 1.94. The highest BCUT2D eigenvalue weighted by Gasteiger charge is 2.21. The maximum atomic E-state index is 5.98. The van der Waals surface area contributed by atoms with E-state index in [0.717, 1.165) is 31.7 Å². The van der Waals surface area contributed by atoms with E-state index < -0.39 is 0 Å². The predicted octanol–water partition coefficient (Wildman–Crippen LogP) is 2.78. The second kappa shape index (κ2) is 4.60. The standard InChI is InChI=1S/C11H14Cl2N2/c12-10-2-1-9(5-11(10)13)15-4-3-8(6-14)7-15/h1-2,5,8H,3-4,6-7,14H2. The van der Waals surface area contributed by atoms with Gasteiger partial charge in [-0.3, -0.25) is 0 Å². The zero-order valence-corrected chi connectivity index (χ0v) is 9.93. The van der Waals surface area contributed by atoms with E-state index in [1.807, 2.05) is 18.2 Å². The highest BCUT2D eigenvalue weighted by molar-refractivity contribution is 6.42. The van der Waals surface area contributed by atoms with Crippen LogP contribution in [-0.4, -0.2) is 19.6 Å². The van der Waals surface area contributed by atoms with E-state index in [9.17, 15) is 0 Å². The molecule has 0 aromatic heterocycles. The van der Waals surface area contributed by atoms with Crippen molar-refractivity contribution in [3.8, 4) is 0 Å². The molecule has 1 aliphatic heterocycles. The smallest absolute Gasteiger partial charge is 0.0612 e. The molecule has 15 heavy (non-hydrogen) atoms. The quantitative estimate of drug-likeness (QED) is 0.868. The summed E-state index contributed by atoms with van der Waals surface area (Å²) in [5.41, 5.74) is 6.79. The molecule has 2 N–H and O–H groups in total. The first-order valence-corrected chi connectivity index (χ1v) is 5.86. The Kier molecular flexibility index (Phi) is 3.39. The molecule has 0 radical (unpaired) electrons. The molecule has 1 fully saturated rings. The van der Waals surface area contributed by atoms with Crippen LogP contribution >= 0.6 is 23.2 Å². The number of halogens is 2. The van der Waals surface area contributed by atoms with E-state index in [2.05, 4.69) is 4.90 Å². The average molecular weight is 245 g/mol. The zero-order valence-electron chi connectivity index (χ0n) is 8.42. The van der Waals surface area contributed by atoms with Crippen molar-refractivity contribution in [2.75, 3.05) is 24.5 Å². The normalized spacial score (nSPS) is 21.0. The summed E-state index contributed by atoms with van der Waals surface area (Å²) in [4.78, 5) is 2.31. The monoisotopic (exact) mass is 244 g/mol. The minimum absolute atomic E-state index is 0.606. The van der Waals surface area contributed by atoms with Crippen LogP contribution in [0.15, 0.2) is 18.2 Å². The number of anilines is 1. The third-order valence-corrected chi connectivity index (χ3v) is 3.63. The molecule has 2 rings (SSSR count). The average Bonchev–Trinajstić information content (AvgIpc) is 2.70. The summed E-state index contributed by atoms with van der Waals surface area (Å²) in [5, 5.41) is 1.22. The first kappa shape index (κ1) is 11.1. The fraction of sp³-hybridized carbons (Fsp3) is 0.455. The lowest BCUT2D eigenvalue weighted by Gasteiger charge is -2.18. The molecule has 1 unspecified atom stereocenters. The van der Waals surface area contributed by atoms with Crippen molar-refractivity contribution in [3.05, 3.63) is 28.2 Å². The summed E-state index contributed by atoms with van der Waals surface area (Å²) < 4.78 is 0. The summed E-state index contributed by atoms with van der Waals surface area (Å²) in [7, 11) is 0. The lowest BCUT2D eigenvalue weighted by atomic mass is 10.1. The largest absolute Gasteiger partial charge is 0.371 e. The molecular formula is C11H14Cl2N2. The van der Waals surface area contributed by atoms with Crippen LogP contribution < -0.4 is 10.6 Å². The number of hydrogen-bond acceptors (Lipinski definition) is 2. The molecule has 0 saturated carbocycles. The van der Waals surface area contributed by atoms with E-state index in [1.54, 1.807) is 0 Å². The first-order valence-electron chi connectivity index (χ1n) is 5.11. The minimum atomic E-state index is 0.606. The minimum Gasteiger partial charge on any atom is -0.371 e. The third-order valence-electron chi connectivity index (χ3n) is 2.89. The summed E-state index contributed by atoms with van der Waals surface area (Å²) in [6.45, 7) is 2.84. The van der Waals surface area contributed by atoms with Crippen molar-refractivity contribution >= 4 is 28.9 Å². The highest BCUT2D eigenvalue weighted by Crippen LogP contribution is 2.29. The molecule has 82 valence electrons. The van der Waals surface area contributed by atoms with Crippen molar-refractivity contribution < 1.29 is 0 Å². The maximum absolute atomic E-state index is 5.98. The van der Waals surface area contributed by atoms with Gasteiger partial charge in [0.1, 0.15) is 0 Å². The number of benzene rings is 1. The van der Waals surface area contributed by atoms with Gasteiger partial charge in [0.25, 0.3) is 0 Å². The van der Waals surface area contributed by atoms with Crippen molar-refractivity contribution in [3.63, 3.8) is 0 Å². The molecule has 1 atom stereocenters. The molecular weight excluding hydrogens is 231 g/mol. The Morgan fingerprint density at radius 1 is 1.33 bits per heavy atom. The van der Waals surface area contributed by atoms with Gasteiger partial charge < -0.3 is 10.6 Å². The molecule has 0 bridgehead atoms. The molecule has 0 aliphatic carbocycles. The van der Waals surface area contributed by atoms with Gasteiger partial charge in [0.2, 0.25) is 0 Å². The van der Waals surface area contributed by atoms with Crippen LogP contribution in [0.3, 0.4) is 0 Å². The SMILES string of the molecule is NCC1CCN(c2ccc(Cl)c(Cl)c2)C1. The molecule has 1 heterocycles. The summed E-state index contributed by atoms with van der Waals surface area (Å²) in [5.74, 6) is 0.611. The van der Waals surface area contributed by atoms with Crippen LogP contribution in [0.5, 0.6) is 0 Å². The molecule has 1 aromatic carbocycles. The molecule has 1 aromatic rings. The number of rotatable bonds is 2. The Morgan fingerprint density at radius 2 is 2.13 bits per heavy atom. The molecule has 0 spiro atoms. The number of nitrogens with zero attached hydrogens (tertiary/aromatic N) is 1. The molecule has 4 heteroatoms. The first-order chi connectivity index (χ1) is 7.20. The van der Waals surface area contributed by atoms with Gasteiger partial charge in [-0.15, -0.1) is 0 Å². The fourth-order valence-corrected chi connectivity index (χ4v) is 2.23. The maximum Gasteiger partial charge on any atom is 0.0612 e. The number of hydrogen-bond donors (Lipinski definition) is 1. The lowest BCUT2D eigenvalue weighted by Crippen LogP contribution is -2.22. The van der Waals surface area contributed by atoms with Gasteiger partial charge in [-0.1, -0.05) is 23.2 Å². The Balaban J connectivity index is 2.13. The van der Waals surface area contributed by atoms with Crippen molar-refractivity contribution in [1.82, 2.24) is 0 Å². The Hall–Kier alpha value is -0.440. The topological polar surface area (TPSA) is 29.3 Å². The van der Waals surface area contributed by atoms with Crippen LogP contribution in [0.4, 0.5) is 5.69 Å². The van der Waals surface area contributed by atoms with Gasteiger partial charge >= 0.3 is 0 Å². The van der Waals surface area contributed by atoms with Gasteiger partial charge in [-0.2, -0.15) is 0 Å². The van der Waals surface area contributed by atoms with Crippen LogP contribution in [0.2, 0.25) is 10.0 Å². The Morgan fingerprint density at radius 3 is 2.73 bits per heavy atom. The van der Waals surface area contributed by atoms with Gasteiger partial charge in [0.15, 0.2) is 0 Å². The van der Waals surface area contributed by atoms with E-state index >= 15 is 0 Å². The lowest BCUT2D eigenvalue weighted by molar-refractivity contribution is 0.602. The molecule has 1 saturated heterocycles. The van der Waals surface area contributed by atoms with E-state index in [1.165, 1.54) is 0 Å². The van der Waals surface area contributed by atoms with Crippen LogP contribution in [0.1, 0.15) is 6.42 Å². The number of nitrogens with two attached hydrogens (primary N) is 1. The Labute approximate surface area is 100.0 Å². The molecule has 1 aliphatic rings. The summed E-state index contributed by atoms with van der Waals surface area (Å²) in [6, 6.07) is 5.77. The van der Waals surface area contributed by atoms with Gasteiger partial charge in [-0.05, 0) is 37.1 Å². The van der Waals surface area contributed by atoms with E-state index in [-0.39, 0.29) is 0 Å². The predicted molar refractivity (Wildman–Crippen MR) is 65.8 cm³/mol. The van der Waals surface area contributed by atoms with Crippen molar-refractivity contribution in [1.29, 1.82) is 0 Å². The summed E-state index contributed by atoms with van der Waals surface area (Å²) >= 11 is 11.9. The van der Waals surface area contributed by atoms with Gasteiger partial charge in [0, 0.05) is 18.8 Å². The van der Waals surface area contributed by atoms with Gasteiger partial charge in [-0.25, -0.2) is 0 Å². The van der Waals surface area contributed by atoms with Crippen molar-refractivity contribution in [2.45, 2.75) is 6.42 Å². The van der Waals surface area contributed by atoms with E-state index in [4.69, 9.17) is 28.9 Å². The van der Waals surface area contributed by atoms with Crippen LogP contribution in [-0.2, 0) is 0 Å². The third kappa shape index (κ3) is 2.39. The van der Waals surface area contributed by atoms with Gasteiger partial charge in [0.05, 0.1) is 10.0 Å². The molecule has 2 nitrogen and oxygen atoms in total. The molecule has 0 amide bonds. The van der Waals surface area contributed by atoms with Crippen LogP contribution in [0, 0.1) is 5.92 Å².